The maximum absolute atomic E-state index is 12.4. The number of aromatic nitrogens is 1. The molecule has 0 aliphatic heterocycles. The molecule has 1 aromatic heterocycles. The zero-order chi connectivity index (χ0) is 18.8. The molecule has 132 valence electrons. The molecule has 27 heavy (non-hydrogen) atoms. The van der Waals surface area contributed by atoms with E-state index >= 15 is 0 Å². The van der Waals surface area contributed by atoms with Crippen molar-refractivity contribution in [2.75, 3.05) is 5.32 Å². The van der Waals surface area contributed by atoms with Crippen molar-refractivity contribution in [2.45, 2.75) is 0 Å². The minimum Gasteiger partial charge on any atom is -0.322 e. The summed E-state index contributed by atoms with van der Waals surface area (Å²) in [5.41, 5.74) is 2.54. The molecule has 6 nitrogen and oxygen atoms in total. The number of nitrogens with zero attached hydrogens (tertiary/aromatic N) is 2. The Morgan fingerprint density at radius 3 is 2.63 bits per heavy atom. The SMILES string of the molecule is O=C(Nc1cccc(-c2nc3ccccc3s2)c1)c1cccc([N+](=O)[O-])c1. The highest BCUT2D eigenvalue weighted by Crippen LogP contribution is 2.31. The van der Waals surface area contributed by atoms with Crippen LogP contribution in [0.1, 0.15) is 10.4 Å². The van der Waals surface area contributed by atoms with Crippen LogP contribution in [0.25, 0.3) is 20.8 Å². The average Bonchev–Trinajstić information content (AvgIpc) is 3.12. The van der Waals surface area contributed by atoms with Crippen molar-refractivity contribution < 1.29 is 9.72 Å². The Bertz CT molecular complexity index is 1140. The molecule has 1 amide bonds. The standard InChI is InChI=1S/C20H13N3O3S/c24-19(13-5-4-8-16(12-13)23(25)26)21-15-7-3-6-14(11-15)20-22-17-9-1-2-10-18(17)27-20/h1-12H,(H,21,24). The van der Waals surface area contributed by atoms with Gasteiger partial charge < -0.3 is 5.32 Å². The Morgan fingerprint density at radius 1 is 1.00 bits per heavy atom. The molecule has 0 aliphatic carbocycles. The van der Waals surface area contributed by atoms with Crippen LogP contribution in [-0.4, -0.2) is 15.8 Å². The fourth-order valence-electron chi connectivity index (χ4n) is 2.69. The van der Waals surface area contributed by atoms with Gasteiger partial charge in [-0.3, -0.25) is 14.9 Å². The van der Waals surface area contributed by atoms with Crippen LogP contribution in [0.15, 0.2) is 72.8 Å². The Kier molecular flexibility index (Phi) is 4.35. The molecule has 0 unspecified atom stereocenters. The monoisotopic (exact) mass is 375 g/mol. The van der Waals surface area contributed by atoms with Gasteiger partial charge in [-0.25, -0.2) is 4.98 Å². The van der Waals surface area contributed by atoms with E-state index in [4.69, 9.17) is 0 Å². The van der Waals surface area contributed by atoms with Crippen molar-refractivity contribution in [3.05, 3.63) is 88.5 Å². The number of rotatable bonds is 4. The third-order valence-corrected chi connectivity index (χ3v) is 5.07. The number of nitrogens with one attached hydrogen (secondary N) is 1. The summed E-state index contributed by atoms with van der Waals surface area (Å²) >= 11 is 1.58. The zero-order valence-electron chi connectivity index (χ0n) is 14.0. The van der Waals surface area contributed by atoms with Gasteiger partial charge in [0.25, 0.3) is 11.6 Å². The van der Waals surface area contributed by atoms with Crippen molar-refractivity contribution in [1.82, 2.24) is 4.98 Å². The number of amides is 1. The van der Waals surface area contributed by atoms with E-state index in [1.165, 1.54) is 18.2 Å². The molecule has 1 heterocycles. The number of nitro groups is 1. The molecule has 0 atom stereocenters. The summed E-state index contributed by atoms with van der Waals surface area (Å²) in [7, 11) is 0. The summed E-state index contributed by atoms with van der Waals surface area (Å²) in [5.74, 6) is -0.403. The normalized spacial score (nSPS) is 10.7. The molecular weight excluding hydrogens is 362 g/mol. The molecule has 7 heteroatoms. The van der Waals surface area contributed by atoms with Crippen LogP contribution in [0.2, 0.25) is 0 Å². The number of para-hydroxylation sites is 1. The lowest BCUT2D eigenvalue weighted by atomic mass is 10.1. The lowest BCUT2D eigenvalue weighted by molar-refractivity contribution is -0.384. The van der Waals surface area contributed by atoms with E-state index in [1.54, 1.807) is 23.5 Å². The fraction of sp³-hybridized carbons (Fsp3) is 0. The highest BCUT2D eigenvalue weighted by Gasteiger charge is 2.12. The number of carbonyl (C=O) groups is 1. The van der Waals surface area contributed by atoms with Gasteiger partial charge >= 0.3 is 0 Å². The van der Waals surface area contributed by atoms with Crippen molar-refractivity contribution in [3.8, 4) is 10.6 Å². The summed E-state index contributed by atoms with van der Waals surface area (Å²) in [4.78, 5) is 27.4. The van der Waals surface area contributed by atoms with Crippen molar-refractivity contribution in [2.24, 2.45) is 0 Å². The van der Waals surface area contributed by atoms with Crippen LogP contribution >= 0.6 is 11.3 Å². The van der Waals surface area contributed by atoms with Gasteiger partial charge in [-0.1, -0.05) is 30.3 Å². The number of fused-ring (bicyclic) bond motifs is 1. The van der Waals surface area contributed by atoms with Gasteiger partial charge in [-0.15, -0.1) is 11.3 Å². The van der Waals surface area contributed by atoms with Gasteiger partial charge in [0.05, 0.1) is 15.1 Å². The number of nitro benzene ring substituents is 1. The third-order valence-electron chi connectivity index (χ3n) is 3.98. The summed E-state index contributed by atoms with van der Waals surface area (Å²) in [6, 6.07) is 20.9. The lowest BCUT2D eigenvalue weighted by Crippen LogP contribution is -2.12. The molecular formula is C20H13N3O3S. The van der Waals surface area contributed by atoms with Crippen LogP contribution in [-0.2, 0) is 0 Å². The average molecular weight is 375 g/mol. The van der Waals surface area contributed by atoms with Gasteiger partial charge in [0.15, 0.2) is 0 Å². The van der Waals surface area contributed by atoms with E-state index in [0.717, 1.165) is 20.8 Å². The highest BCUT2D eigenvalue weighted by atomic mass is 32.1. The van der Waals surface area contributed by atoms with Crippen molar-refractivity contribution >= 4 is 38.8 Å². The first-order valence-electron chi connectivity index (χ1n) is 8.12. The number of non-ortho nitro benzene ring substituents is 1. The van der Waals surface area contributed by atoms with Crippen LogP contribution in [0.4, 0.5) is 11.4 Å². The minimum atomic E-state index is -0.523. The molecule has 4 aromatic rings. The van der Waals surface area contributed by atoms with E-state index in [1.807, 2.05) is 42.5 Å². The van der Waals surface area contributed by atoms with Gasteiger partial charge in [-0.2, -0.15) is 0 Å². The number of carbonyl (C=O) groups excluding carboxylic acids is 1. The van der Waals surface area contributed by atoms with E-state index in [0.29, 0.717) is 5.69 Å². The van der Waals surface area contributed by atoms with E-state index in [2.05, 4.69) is 10.3 Å². The summed E-state index contributed by atoms with van der Waals surface area (Å²) in [6.07, 6.45) is 0. The first-order valence-corrected chi connectivity index (χ1v) is 8.93. The summed E-state index contributed by atoms with van der Waals surface area (Å²) in [6.45, 7) is 0. The molecule has 0 radical (unpaired) electrons. The molecule has 0 bridgehead atoms. The first-order chi connectivity index (χ1) is 13.1. The molecule has 3 aromatic carbocycles. The number of hydrogen-bond acceptors (Lipinski definition) is 5. The second-order valence-corrected chi connectivity index (χ2v) is 6.86. The lowest BCUT2D eigenvalue weighted by Gasteiger charge is -2.06. The van der Waals surface area contributed by atoms with E-state index < -0.39 is 10.8 Å². The first kappa shape index (κ1) is 16.9. The Labute approximate surface area is 158 Å². The van der Waals surface area contributed by atoms with Gasteiger partial charge in [0.2, 0.25) is 0 Å². The van der Waals surface area contributed by atoms with E-state index in [-0.39, 0.29) is 11.3 Å². The van der Waals surface area contributed by atoms with Crippen LogP contribution in [0.3, 0.4) is 0 Å². The number of thiazole rings is 1. The molecule has 0 saturated heterocycles. The number of anilines is 1. The fourth-order valence-corrected chi connectivity index (χ4v) is 3.65. The Balaban J connectivity index is 1.60. The largest absolute Gasteiger partial charge is 0.322 e. The predicted molar refractivity (Wildman–Crippen MR) is 106 cm³/mol. The zero-order valence-corrected chi connectivity index (χ0v) is 14.8. The number of benzene rings is 3. The Morgan fingerprint density at radius 2 is 1.81 bits per heavy atom. The van der Waals surface area contributed by atoms with Gasteiger partial charge in [0.1, 0.15) is 5.01 Å². The van der Waals surface area contributed by atoms with Crippen LogP contribution in [0, 0.1) is 10.1 Å². The van der Waals surface area contributed by atoms with E-state index in [9.17, 15) is 14.9 Å². The second-order valence-electron chi connectivity index (χ2n) is 5.83. The topological polar surface area (TPSA) is 85.1 Å². The quantitative estimate of drug-likeness (QED) is 0.396. The van der Waals surface area contributed by atoms with Crippen LogP contribution in [0.5, 0.6) is 0 Å². The minimum absolute atomic E-state index is 0.120. The predicted octanol–water partition coefficient (Wildman–Crippen LogP) is 5.12. The Hall–Kier alpha value is -3.58. The molecule has 0 aliphatic rings. The molecule has 0 fully saturated rings. The second kappa shape index (κ2) is 6.97. The highest BCUT2D eigenvalue weighted by molar-refractivity contribution is 7.21. The number of hydrogen-bond donors (Lipinski definition) is 1. The van der Waals surface area contributed by atoms with Crippen molar-refractivity contribution in [3.63, 3.8) is 0 Å². The molecule has 1 N–H and O–H groups in total. The smallest absolute Gasteiger partial charge is 0.270 e. The molecule has 0 saturated carbocycles. The van der Waals surface area contributed by atoms with Crippen LogP contribution < -0.4 is 5.32 Å². The van der Waals surface area contributed by atoms with Crippen molar-refractivity contribution in [1.29, 1.82) is 0 Å². The van der Waals surface area contributed by atoms with Gasteiger partial charge in [-0.05, 0) is 30.3 Å². The maximum Gasteiger partial charge on any atom is 0.270 e. The van der Waals surface area contributed by atoms with Gasteiger partial charge in [0, 0.05) is 28.9 Å². The summed E-state index contributed by atoms with van der Waals surface area (Å²) < 4.78 is 1.10. The molecule has 0 spiro atoms. The summed E-state index contributed by atoms with van der Waals surface area (Å²) in [5, 5.41) is 14.5. The third kappa shape index (κ3) is 3.54. The maximum atomic E-state index is 12.4. The molecule has 4 rings (SSSR count).